The Morgan fingerprint density at radius 1 is 1.16 bits per heavy atom. The van der Waals surface area contributed by atoms with Crippen LogP contribution in [0.2, 0.25) is 0 Å². The summed E-state index contributed by atoms with van der Waals surface area (Å²) < 4.78 is 16.8. The highest BCUT2D eigenvalue weighted by Crippen LogP contribution is 2.33. The molecule has 1 amide bonds. The van der Waals surface area contributed by atoms with Crippen LogP contribution in [0.5, 0.6) is 11.5 Å². The van der Waals surface area contributed by atoms with Crippen molar-refractivity contribution in [1.29, 1.82) is 0 Å². The average Bonchev–Trinajstić information content (AvgIpc) is 2.47. The van der Waals surface area contributed by atoms with Gasteiger partial charge in [0.15, 0.2) is 11.5 Å². The van der Waals surface area contributed by atoms with Gasteiger partial charge in [-0.25, -0.2) is 0 Å². The normalized spacial score (nSPS) is 26.1. The Kier molecular flexibility index (Phi) is 3.29. The van der Waals surface area contributed by atoms with E-state index in [4.69, 9.17) is 14.2 Å². The van der Waals surface area contributed by atoms with Gasteiger partial charge >= 0.3 is 0 Å². The third-order valence-electron chi connectivity index (χ3n) is 3.41. The van der Waals surface area contributed by atoms with Crippen molar-refractivity contribution in [2.45, 2.75) is 19.1 Å². The Hall–Kier alpha value is -1.75. The number of morpholine rings is 1. The molecular weight excluding hydrogens is 246 g/mol. The van der Waals surface area contributed by atoms with Crippen LogP contribution in [0.15, 0.2) is 24.3 Å². The van der Waals surface area contributed by atoms with Crippen LogP contribution in [-0.2, 0) is 9.53 Å². The lowest BCUT2D eigenvalue weighted by Gasteiger charge is -2.35. The van der Waals surface area contributed by atoms with Gasteiger partial charge < -0.3 is 19.1 Å². The van der Waals surface area contributed by atoms with Gasteiger partial charge in [0.2, 0.25) is 6.10 Å². The van der Waals surface area contributed by atoms with Gasteiger partial charge in [0, 0.05) is 13.1 Å². The van der Waals surface area contributed by atoms with Gasteiger partial charge in [-0.3, -0.25) is 4.79 Å². The summed E-state index contributed by atoms with van der Waals surface area (Å²) in [6, 6.07) is 7.43. The largest absolute Gasteiger partial charge is 0.482 e. The van der Waals surface area contributed by atoms with Gasteiger partial charge in [-0.05, 0) is 19.1 Å². The lowest BCUT2D eigenvalue weighted by atomic mass is 10.1. The number of rotatable bonds is 1. The molecule has 102 valence electrons. The molecule has 0 aromatic heterocycles. The maximum atomic E-state index is 12.4. The molecule has 1 saturated heterocycles. The predicted molar refractivity (Wildman–Crippen MR) is 68.3 cm³/mol. The molecule has 5 nitrogen and oxygen atoms in total. The Bertz CT molecular complexity index is 470. The SMILES string of the molecule is C[C@H]1Oc2ccccc2O[C@@H]1C(=O)N1CCOCC1. The van der Waals surface area contributed by atoms with Gasteiger partial charge in [-0.2, -0.15) is 0 Å². The first-order chi connectivity index (χ1) is 9.25. The van der Waals surface area contributed by atoms with Crippen molar-refractivity contribution in [2.24, 2.45) is 0 Å². The number of hydrogen-bond acceptors (Lipinski definition) is 4. The second-order valence-electron chi connectivity index (χ2n) is 4.75. The third-order valence-corrected chi connectivity index (χ3v) is 3.41. The van der Waals surface area contributed by atoms with Crippen molar-refractivity contribution in [2.75, 3.05) is 26.3 Å². The van der Waals surface area contributed by atoms with Gasteiger partial charge in [0.1, 0.15) is 6.10 Å². The number of carbonyl (C=O) groups is 1. The molecule has 0 spiro atoms. The third kappa shape index (κ3) is 2.38. The van der Waals surface area contributed by atoms with Gasteiger partial charge in [-0.15, -0.1) is 0 Å². The van der Waals surface area contributed by atoms with Crippen LogP contribution in [0.3, 0.4) is 0 Å². The first-order valence-electron chi connectivity index (χ1n) is 6.54. The molecule has 5 heteroatoms. The quantitative estimate of drug-likeness (QED) is 0.760. The van der Waals surface area contributed by atoms with Crippen LogP contribution in [-0.4, -0.2) is 49.3 Å². The zero-order valence-corrected chi connectivity index (χ0v) is 10.9. The van der Waals surface area contributed by atoms with E-state index in [1.807, 2.05) is 31.2 Å². The number of nitrogens with zero attached hydrogens (tertiary/aromatic N) is 1. The molecule has 0 unspecified atom stereocenters. The molecule has 1 aromatic carbocycles. The molecule has 0 aliphatic carbocycles. The zero-order valence-electron chi connectivity index (χ0n) is 10.9. The minimum absolute atomic E-state index is 0.0229. The average molecular weight is 263 g/mol. The highest BCUT2D eigenvalue weighted by molar-refractivity contribution is 5.82. The molecule has 0 radical (unpaired) electrons. The summed E-state index contributed by atoms with van der Waals surface area (Å²) >= 11 is 0. The summed E-state index contributed by atoms with van der Waals surface area (Å²) in [5.74, 6) is 1.30. The fourth-order valence-corrected chi connectivity index (χ4v) is 2.35. The van der Waals surface area contributed by atoms with E-state index < -0.39 is 6.10 Å². The molecule has 1 fully saturated rings. The molecule has 0 saturated carbocycles. The molecular formula is C14H17NO4. The molecule has 3 rings (SSSR count). The maximum Gasteiger partial charge on any atom is 0.267 e. The van der Waals surface area contributed by atoms with Crippen LogP contribution in [0, 0.1) is 0 Å². The summed E-state index contributed by atoms with van der Waals surface area (Å²) in [5, 5.41) is 0. The Labute approximate surface area is 112 Å². The van der Waals surface area contributed by atoms with Crippen LogP contribution in [0.4, 0.5) is 0 Å². The second kappa shape index (κ2) is 5.09. The van der Waals surface area contributed by atoms with Gasteiger partial charge in [-0.1, -0.05) is 12.1 Å². The minimum Gasteiger partial charge on any atom is -0.482 e. The van der Waals surface area contributed by atoms with Crippen LogP contribution >= 0.6 is 0 Å². The highest BCUT2D eigenvalue weighted by atomic mass is 16.6. The molecule has 19 heavy (non-hydrogen) atoms. The van der Waals surface area contributed by atoms with E-state index in [2.05, 4.69) is 0 Å². The van der Waals surface area contributed by atoms with E-state index in [1.165, 1.54) is 0 Å². The summed E-state index contributed by atoms with van der Waals surface area (Å²) in [7, 11) is 0. The highest BCUT2D eigenvalue weighted by Gasteiger charge is 2.37. The fourth-order valence-electron chi connectivity index (χ4n) is 2.35. The van der Waals surface area contributed by atoms with Crippen molar-refractivity contribution in [3.63, 3.8) is 0 Å². The summed E-state index contributed by atoms with van der Waals surface area (Å²) in [6.07, 6.45) is -0.863. The zero-order chi connectivity index (χ0) is 13.2. The first-order valence-corrected chi connectivity index (χ1v) is 6.54. The second-order valence-corrected chi connectivity index (χ2v) is 4.75. The molecule has 0 N–H and O–H groups in total. The molecule has 2 heterocycles. The standard InChI is InChI=1S/C14H17NO4/c1-10-13(14(16)15-6-8-17-9-7-15)19-12-5-3-2-4-11(12)18-10/h2-5,10,13H,6-9H2,1H3/t10-,13+/m1/s1. The van der Waals surface area contributed by atoms with E-state index in [1.54, 1.807) is 4.90 Å². The number of benzene rings is 1. The minimum atomic E-state index is -0.576. The molecule has 2 aliphatic rings. The van der Waals surface area contributed by atoms with E-state index in [0.717, 1.165) is 0 Å². The van der Waals surface area contributed by atoms with E-state index in [9.17, 15) is 4.79 Å². The summed E-state index contributed by atoms with van der Waals surface area (Å²) in [5.41, 5.74) is 0. The molecule has 1 aromatic rings. The monoisotopic (exact) mass is 263 g/mol. The van der Waals surface area contributed by atoms with Crippen molar-refractivity contribution in [3.05, 3.63) is 24.3 Å². The van der Waals surface area contributed by atoms with Crippen LogP contribution < -0.4 is 9.47 Å². The number of ether oxygens (including phenoxy) is 3. The Balaban J connectivity index is 1.76. The van der Waals surface area contributed by atoms with Crippen molar-refractivity contribution < 1.29 is 19.0 Å². The van der Waals surface area contributed by atoms with Crippen LogP contribution in [0.25, 0.3) is 0 Å². The fraction of sp³-hybridized carbons (Fsp3) is 0.500. The summed E-state index contributed by atoms with van der Waals surface area (Å²) in [6.45, 7) is 4.27. The van der Waals surface area contributed by atoms with E-state index in [0.29, 0.717) is 37.8 Å². The molecule has 2 atom stereocenters. The first kappa shape index (κ1) is 12.3. The van der Waals surface area contributed by atoms with E-state index >= 15 is 0 Å². The lowest BCUT2D eigenvalue weighted by molar-refractivity contribution is -0.148. The lowest BCUT2D eigenvalue weighted by Crippen LogP contribution is -2.53. The van der Waals surface area contributed by atoms with Gasteiger partial charge in [0.05, 0.1) is 13.2 Å². The number of para-hydroxylation sites is 2. The van der Waals surface area contributed by atoms with Crippen molar-refractivity contribution in [1.82, 2.24) is 4.90 Å². The number of hydrogen-bond donors (Lipinski definition) is 0. The maximum absolute atomic E-state index is 12.4. The van der Waals surface area contributed by atoms with E-state index in [-0.39, 0.29) is 12.0 Å². The topological polar surface area (TPSA) is 48.0 Å². The van der Waals surface area contributed by atoms with Gasteiger partial charge in [0.25, 0.3) is 5.91 Å². The molecule has 0 bridgehead atoms. The molecule has 2 aliphatic heterocycles. The number of carbonyl (C=O) groups excluding carboxylic acids is 1. The van der Waals surface area contributed by atoms with Crippen LogP contribution in [0.1, 0.15) is 6.92 Å². The summed E-state index contributed by atoms with van der Waals surface area (Å²) in [4.78, 5) is 14.2. The predicted octanol–water partition coefficient (Wildman–Crippen LogP) is 1.07. The van der Waals surface area contributed by atoms with Crippen molar-refractivity contribution >= 4 is 5.91 Å². The Morgan fingerprint density at radius 2 is 1.79 bits per heavy atom. The number of fused-ring (bicyclic) bond motifs is 1. The smallest absolute Gasteiger partial charge is 0.267 e. The Morgan fingerprint density at radius 3 is 2.47 bits per heavy atom. The number of amides is 1. The van der Waals surface area contributed by atoms with Crippen molar-refractivity contribution in [3.8, 4) is 11.5 Å².